The zero-order chi connectivity index (χ0) is 12.4. The lowest BCUT2D eigenvalue weighted by molar-refractivity contribution is -0.341. The Hall–Kier alpha value is 1.12. The zero-order valence-electron chi connectivity index (χ0n) is 7.70. The number of ether oxygens (including phenoxy) is 1. The molecular formula is C8H7Br3F4O. The van der Waals surface area contributed by atoms with Crippen LogP contribution in [-0.4, -0.2) is 20.3 Å². The Balaban J connectivity index is 2.31. The van der Waals surface area contributed by atoms with Crippen LogP contribution in [0.3, 0.4) is 0 Å². The second kappa shape index (κ2) is 3.81. The molecule has 1 unspecified atom stereocenters. The summed E-state index contributed by atoms with van der Waals surface area (Å²) in [4.78, 5) is -0.357. The van der Waals surface area contributed by atoms with Crippen LogP contribution in [-0.2, 0) is 4.74 Å². The maximum Gasteiger partial charge on any atom is 0.363 e. The molecule has 0 aromatic heterocycles. The van der Waals surface area contributed by atoms with Crippen molar-refractivity contribution in [3.05, 3.63) is 0 Å². The highest BCUT2D eigenvalue weighted by atomic mass is 79.9. The van der Waals surface area contributed by atoms with Crippen LogP contribution in [0.2, 0.25) is 0 Å². The van der Waals surface area contributed by atoms with Crippen molar-refractivity contribution in [2.45, 2.75) is 33.1 Å². The normalized spacial score (nSPS) is 44.1. The van der Waals surface area contributed by atoms with Crippen LogP contribution in [0.1, 0.15) is 12.8 Å². The quantitative estimate of drug-likeness (QED) is 0.403. The fraction of sp³-hybridized carbons (Fsp3) is 1.00. The first-order valence-electron chi connectivity index (χ1n) is 4.54. The summed E-state index contributed by atoms with van der Waals surface area (Å²) in [5.41, 5.74) is 0. The molecular weight excluding hydrogens is 428 g/mol. The molecule has 2 rings (SSSR count). The minimum Gasteiger partial charge on any atom is -0.255 e. The Morgan fingerprint density at radius 3 is 2.06 bits per heavy atom. The van der Waals surface area contributed by atoms with Crippen LogP contribution in [0.25, 0.3) is 0 Å². The highest BCUT2D eigenvalue weighted by Crippen LogP contribution is 2.61. The van der Waals surface area contributed by atoms with E-state index in [4.69, 9.17) is 0 Å². The molecule has 16 heavy (non-hydrogen) atoms. The molecule has 1 saturated heterocycles. The van der Waals surface area contributed by atoms with Gasteiger partial charge in [-0.1, -0.05) is 47.8 Å². The summed E-state index contributed by atoms with van der Waals surface area (Å²) < 4.78 is 55.9. The monoisotopic (exact) mass is 432 g/mol. The summed E-state index contributed by atoms with van der Waals surface area (Å²) in [6, 6.07) is 0. The van der Waals surface area contributed by atoms with Gasteiger partial charge in [0.05, 0.1) is 15.1 Å². The number of rotatable bonds is 0. The van der Waals surface area contributed by atoms with Crippen LogP contribution in [0.15, 0.2) is 0 Å². The molecule has 0 spiro atoms. The summed E-state index contributed by atoms with van der Waals surface area (Å²) in [6.45, 7) is 0. The van der Waals surface area contributed by atoms with Crippen molar-refractivity contribution in [1.82, 2.24) is 0 Å². The summed E-state index contributed by atoms with van der Waals surface area (Å²) in [7, 11) is 0. The highest BCUT2D eigenvalue weighted by Gasteiger charge is 2.70. The van der Waals surface area contributed by atoms with E-state index in [-0.39, 0.29) is 17.7 Å². The van der Waals surface area contributed by atoms with E-state index in [0.717, 1.165) is 0 Å². The minimum atomic E-state index is -3.77. The zero-order valence-corrected chi connectivity index (χ0v) is 12.5. The Bertz CT molecular complexity index is 310. The van der Waals surface area contributed by atoms with Gasteiger partial charge in [-0.15, -0.1) is 0 Å². The predicted molar refractivity (Wildman–Crippen MR) is 60.5 cm³/mol. The number of hydrogen-bond donors (Lipinski definition) is 0. The molecule has 1 heterocycles. The van der Waals surface area contributed by atoms with Crippen molar-refractivity contribution >= 4 is 47.8 Å². The summed E-state index contributed by atoms with van der Waals surface area (Å²) in [5, 5.41) is 0. The first-order chi connectivity index (χ1) is 7.06. The summed E-state index contributed by atoms with van der Waals surface area (Å²) in [6.07, 6.45) is -7.73. The number of alkyl halides is 7. The Morgan fingerprint density at radius 2 is 1.50 bits per heavy atom. The van der Waals surface area contributed by atoms with Crippen LogP contribution < -0.4 is 0 Å². The van der Waals surface area contributed by atoms with Gasteiger partial charge in [-0.2, -0.15) is 17.6 Å². The van der Waals surface area contributed by atoms with Crippen molar-refractivity contribution < 1.29 is 22.3 Å². The molecule has 0 N–H and O–H groups in total. The highest BCUT2D eigenvalue weighted by molar-refractivity contribution is 9.26. The van der Waals surface area contributed by atoms with Gasteiger partial charge in [0, 0.05) is 4.83 Å². The molecule has 2 aliphatic rings. The molecule has 8 heteroatoms. The van der Waals surface area contributed by atoms with Crippen LogP contribution in [0.5, 0.6) is 0 Å². The first kappa shape index (κ1) is 13.5. The third kappa shape index (κ3) is 2.07. The standard InChI is InChI=1S/C8H7Br3F4O/c9-5-1-3-4(2-6(5,10)11)8(14,15)16-7(3,12)13/h3-5H,1-2H2/t3-,4+,5?/m0/s1. The average molecular weight is 435 g/mol. The fourth-order valence-electron chi connectivity index (χ4n) is 2.18. The summed E-state index contributed by atoms with van der Waals surface area (Å²) in [5.74, 6) is -2.93. The van der Waals surface area contributed by atoms with Crippen molar-refractivity contribution in [2.75, 3.05) is 0 Å². The maximum absolute atomic E-state index is 13.3. The van der Waals surface area contributed by atoms with Gasteiger partial charge in [0.25, 0.3) is 0 Å². The van der Waals surface area contributed by atoms with Crippen molar-refractivity contribution in [3.63, 3.8) is 0 Å². The van der Waals surface area contributed by atoms with E-state index in [1.54, 1.807) is 0 Å². The van der Waals surface area contributed by atoms with E-state index in [9.17, 15) is 17.6 Å². The second-order valence-electron chi connectivity index (χ2n) is 4.11. The smallest absolute Gasteiger partial charge is 0.255 e. The van der Waals surface area contributed by atoms with E-state index < -0.39 is 27.3 Å². The number of halogens is 7. The minimum absolute atomic E-state index is 0.0796. The molecule has 1 aliphatic carbocycles. The van der Waals surface area contributed by atoms with Crippen molar-refractivity contribution in [1.29, 1.82) is 0 Å². The molecule has 0 aromatic carbocycles. The molecule has 0 amide bonds. The maximum atomic E-state index is 13.3. The Morgan fingerprint density at radius 1 is 1.00 bits per heavy atom. The van der Waals surface area contributed by atoms with Gasteiger partial charge in [-0.05, 0) is 12.8 Å². The van der Waals surface area contributed by atoms with Gasteiger partial charge in [0.2, 0.25) is 0 Å². The molecule has 94 valence electrons. The molecule has 0 aromatic rings. The van der Waals surface area contributed by atoms with Crippen molar-refractivity contribution in [3.8, 4) is 0 Å². The third-order valence-electron chi connectivity index (χ3n) is 3.03. The molecule has 1 saturated carbocycles. The topological polar surface area (TPSA) is 9.23 Å². The Labute approximate surface area is 115 Å². The van der Waals surface area contributed by atoms with Crippen LogP contribution in [0, 0.1) is 11.8 Å². The molecule has 0 bridgehead atoms. The van der Waals surface area contributed by atoms with E-state index in [0.29, 0.717) is 0 Å². The second-order valence-corrected chi connectivity index (χ2v) is 9.11. The molecule has 3 atom stereocenters. The van der Waals surface area contributed by atoms with Crippen LogP contribution in [0.4, 0.5) is 17.6 Å². The van der Waals surface area contributed by atoms with Gasteiger partial charge in [0.15, 0.2) is 0 Å². The third-order valence-corrected chi connectivity index (χ3v) is 7.17. The molecule has 1 nitrogen and oxygen atoms in total. The van der Waals surface area contributed by atoms with Crippen LogP contribution >= 0.6 is 47.8 Å². The SMILES string of the molecule is FC1(F)OC(F)(F)[C@H]2CC(Br)C(Br)(Br)C[C@H]21. The fourth-order valence-corrected chi connectivity index (χ4v) is 3.84. The lowest BCUT2D eigenvalue weighted by Crippen LogP contribution is -2.44. The molecule has 2 fully saturated rings. The van der Waals surface area contributed by atoms with Gasteiger partial charge >= 0.3 is 12.2 Å². The molecule has 0 radical (unpaired) electrons. The number of hydrogen-bond acceptors (Lipinski definition) is 1. The van der Waals surface area contributed by atoms with E-state index >= 15 is 0 Å². The van der Waals surface area contributed by atoms with Crippen molar-refractivity contribution in [2.24, 2.45) is 11.8 Å². The van der Waals surface area contributed by atoms with E-state index in [1.165, 1.54) is 0 Å². The number of fused-ring (bicyclic) bond motifs is 1. The Kier molecular flexibility index (Phi) is 3.22. The van der Waals surface area contributed by atoms with Gasteiger partial charge in [-0.3, -0.25) is 4.74 Å². The van der Waals surface area contributed by atoms with Gasteiger partial charge in [0.1, 0.15) is 0 Å². The van der Waals surface area contributed by atoms with Gasteiger partial charge < -0.3 is 0 Å². The largest absolute Gasteiger partial charge is 0.363 e. The lowest BCUT2D eigenvalue weighted by atomic mass is 9.79. The predicted octanol–water partition coefficient (Wildman–Crippen LogP) is 4.48. The van der Waals surface area contributed by atoms with E-state index in [2.05, 4.69) is 52.5 Å². The van der Waals surface area contributed by atoms with Gasteiger partial charge in [-0.25, -0.2) is 0 Å². The van der Waals surface area contributed by atoms with E-state index in [1.807, 2.05) is 0 Å². The first-order valence-corrected chi connectivity index (χ1v) is 7.04. The lowest BCUT2D eigenvalue weighted by Gasteiger charge is -2.39. The summed E-state index contributed by atoms with van der Waals surface area (Å²) >= 11 is 9.65. The average Bonchev–Trinajstić information content (AvgIpc) is 2.21. The molecule has 1 aliphatic heterocycles.